The Bertz CT molecular complexity index is 187. The average Bonchev–Trinajstić information content (AvgIpc) is 1.84. The summed E-state index contributed by atoms with van der Waals surface area (Å²) in [6.45, 7) is 6.66. The number of rotatable bonds is 3. The Kier molecular flexibility index (Phi) is 4.30. The second kappa shape index (κ2) is 4.73. The van der Waals surface area contributed by atoms with Crippen molar-refractivity contribution in [3.8, 4) is 6.19 Å². The largest absolute Gasteiger partial charge is 0.312 e. The van der Waals surface area contributed by atoms with E-state index >= 15 is 0 Å². The van der Waals surface area contributed by atoms with E-state index in [0.717, 1.165) is 0 Å². The number of hydrogen-bond donors (Lipinski definition) is 2. The maximum absolute atomic E-state index is 10.8. The molecule has 1 amide bonds. The Morgan fingerprint density at radius 2 is 2.08 bits per heavy atom. The molecule has 0 aromatic rings. The maximum atomic E-state index is 10.8. The van der Waals surface area contributed by atoms with Crippen LogP contribution in [0.25, 0.3) is 0 Å². The maximum Gasteiger partial charge on any atom is 0.234 e. The summed E-state index contributed by atoms with van der Waals surface area (Å²) in [5.74, 6) is -0.241. The van der Waals surface area contributed by atoms with Crippen LogP contribution in [0.2, 0.25) is 0 Å². The Balaban J connectivity index is 3.45. The molecule has 0 aromatic heterocycles. The third kappa shape index (κ3) is 7.03. The van der Waals surface area contributed by atoms with Crippen molar-refractivity contribution in [2.45, 2.75) is 32.7 Å². The lowest BCUT2D eigenvalue weighted by Gasteiger charge is -2.19. The predicted molar refractivity (Wildman–Crippen MR) is 46.1 cm³/mol. The van der Waals surface area contributed by atoms with Gasteiger partial charge >= 0.3 is 0 Å². The molecule has 68 valence electrons. The first kappa shape index (κ1) is 10.9. The highest BCUT2D eigenvalue weighted by molar-refractivity contribution is 5.77. The molecule has 0 saturated carbocycles. The van der Waals surface area contributed by atoms with Gasteiger partial charge in [-0.2, -0.15) is 5.26 Å². The zero-order valence-corrected chi connectivity index (χ0v) is 7.77. The third-order valence-electron chi connectivity index (χ3n) is 1.20. The van der Waals surface area contributed by atoms with Crippen LogP contribution in [0.1, 0.15) is 27.2 Å². The minimum atomic E-state index is -0.241. The molecule has 0 aliphatic heterocycles. The van der Waals surface area contributed by atoms with Gasteiger partial charge in [0.05, 0.1) is 0 Å². The molecular formula is C8H15N3O. The summed E-state index contributed by atoms with van der Waals surface area (Å²) in [7, 11) is 0. The van der Waals surface area contributed by atoms with E-state index in [9.17, 15) is 4.79 Å². The fourth-order valence-corrected chi connectivity index (χ4v) is 0.676. The van der Waals surface area contributed by atoms with Crippen molar-refractivity contribution in [3.05, 3.63) is 0 Å². The monoisotopic (exact) mass is 169 g/mol. The van der Waals surface area contributed by atoms with Crippen molar-refractivity contribution in [1.82, 2.24) is 10.6 Å². The fraction of sp³-hybridized carbons (Fsp3) is 0.750. The molecule has 0 spiro atoms. The molecule has 0 saturated heterocycles. The molecule has 0 heterocycles. The first-order valence-electron chi connectivity index (χ1n) is 3.88. The van der Waals surface area contributed by atoms with Crippen molar-refractivity contribution in [2.24, 2.45) is 0 Å². The summed E-state index contributed by atoms with van der Waals surface area (Å²) in [5.41, 5.74) is 0.0208. The predicted octanol–water partition coefficient (Wildman–Crippen LogP) is 0.362. The normalized spacial score (nSPS) is 10.5. The molecular weight excluding hydrogens is 154 g/mol. The van der Waals surface area contributed by atoms with Crippen molar-refractivity contribution >= 4 is 5.91 Å². The summed E-state index contributed by atoms with van der Waals surface area (Å²) in [6, 6.07) is 0. The molecule has 0 fully saturated rings. The SMILES string of the molecule is CC(C)(C)NCCC(=O)NC#N. The van der Waals surface area contributed by atoms with Crippen molar-refractivity contribution in [3.63, 3.8) is 0 Å². The van der Waals surface area contributed by atoms with Gasteiger partial charge in [0.15, 0.2) is 6.19 Å². The standard InChI is InChI=1S/C8H15N3O/c1-8(2,3)11-5-4-7(12)10-6-9/h11H,4-5H2,1-3H3,(H,10,12). The number of nitriles is 1. The topological polar surface area (TPSA) is 64.9 Å². The van der Waals surface area contributed by atoms with Crippen LogP contribution in [-0.4, -0.2) is 18.0 Å². The average molecular weight is 169 g/mol. The first-order valence-corrected chi connectivity index (χ1v) is 3.88. The van der Waals surface area contributed by atoms with Crippen molar-refractivity contribution in [1.29, 1.82) is 5.26 Å². The van der Waals surface area contributed by atoms with Gasteiger partial charge in [-0.05, 0) is 20.8 Å². The fourth-order valence-electron chi connectivity index (χ4n) is 0.676. The lowest BCUT2D eigenvalue weighted by atomic mass is 10.1. The van der Waals surface area contributed by atoms with E-state index in [2.05, 4.69) is 10.6 Å². The highest BCUT2D eigenvalue weighted by atomic mass is 16.1. The van der Waals surface area contributed by atoms with E-state index in [0.29, 0.717) is 13.0 Å². The first-order chi connectivity index (χ1) is 5.45. The van der Waals surface area contributed by atoms with E-state index in [1.807, 2.05) is 20.8 Å². The number of amides is 1. The molecule has 0 atom stereocenters. The van der Waals surface area contributed by atoms with Crippen LogP contribution >= 0.6 is 0 Å². The van der Waals surface area contributed by atoms with Gasteiger partial charge in [0, 0.05) is 18.5 Å². The van der Waals surface area contributed by atoms with Crippen LogP contribution in [0.15, 0.2) is 0 Å². The molecule has 0 rings (SSSR count). The van der Waals surface area contributed by atoms with Crippen molar-refractivity contribution < 1.29 is 4.79 Å². The van der Waals surface area contributed by atoms with E-state index in [4.69, 9.17) is 5.26 Å². The molecule has 4 nitrogen and oxygen atoms in total. The quantitative estimate of drug-likeness (QED) is 0.473. The number of carbonyl (C=O) groups is 1. The van der Waals surface area contributed by atoms with Gasteiger partial charge in [0.2, 0.25) is 5.91 Å². The van der Waals surface area contributed by atoms with Crippen LogP contribution in [0.3, 0.4) is 0 Å². The van der Waals surface area contributed by atoms with Gasteiger partial charge in [0.25, 0.3) is 0 Å². The van der Waals surface area contributed by atoms with E-state index < -0.39 is 0 Å². The molecule has 0 aliphatic rings. The number of nitrogens with zero attached hydrogens (tertiary/aromatic N) is 1. The van der Waals surface area contributed by atoms with Crippen LogP contribution < -0.4 is 10.6 Å². The molecule has 0 unspecified atom stereocenters. The molecule has 0 aromatic carbocycles. The van der Waals surface area contributed by atoms with Crippen LogP contribution in [0, 0.1) is 11.5 Å². The lowest BCUT2D eigenvalue weighted by Crippen LogP contribution is -2.38. The Morgan fingerprint density at radius 3 is 2.50 bits per heavy atom. The number of nitrogens with one attached hydrogen (secondary N) is 2. The van der Waals surface area contributed by atoms with E-state index in [1.165, 1.54) is 0 Å². The van der Waals surface area contributed by atoms with E-state index in [-0.39, 0.29) is 11.4 Å². The Hall–Kier alpha value is -1.08. The number of carbonyl (C=O) groups excluding carboxylic acids is 1. The molecule has 2 N–H and O–H groups in total. The zero-order valence-electron chi connectivity index (χ0n) is 7.77. The minimum absolute atomic E-state index is 0.0208. The second-order valence-corrected chi connectivity index (χ2v) is 3.59. The smallest absolute Gasteiger partial charge is 0.234 e. The summed E-state index contributed by atoms with van der Waals surface area (Å²) in [6.07, 6.45) is 1.93. The second-order valence-electron chi connectivity index (χ2n) is 3.59. The lowest BCUT2D eigenvalue weighted by molar-refractivity contribution is -0.119. The molecule has 0 radical (unpaired) electrons. The molecule has 0 bridgehead atoms. The van der Waals surface area contributed by atoms with Gasteiger partial charge in [-0.3, -0.25) is 10.1 Å². The third-order valence-corrected chi connectivity index (χ3v) is 1.20. The molecule has 4 heteroatoms. The van der Waals surface area contributed by atoms with Gasteiger partial charge < -0.3 is 5.32 Å². The highest BCUT2D eigenvalue weighted by Gasteiger charge is 2.08. The van der Waals surface area contributed by atoms with Crippen LogP contribution in [0.5, 0.6) is 0 Å². The van der Waals surface area contributed by atoms with E-state index in [1.54, 1.807) is 6.19 Å². The molecule has 12 heavy (non-hydrogen) atoms. The summed E-state index contributed by atoms with van der Waals surface area (Å²) >= 11 is 0. The highest BCUT2D eigenvalue weighted by Crippen LogP contribution is 1.97. The van der Waals surface area contributed by atoms with Gasteiger partial charge in [-0.1, -0.05) is 0 Å². The van der Waals surface area contributed by atoms with Crippen LogP contribution in [-0.2, 0) is 4.79 Å². The van der Waals surface area contributed by atoms with Crippen molar-refractivity contribution in [2.75, 3.05) is 6.54 Å². The van der Waals surface area contributed by atoms with Crippen LogP contribution in [0.4, 0.5) is 0 Å². The van der Waals surface area contributed by atoms with Gasteiger partial charge in [-0.25, -0.2) is 0 Å². The molecule has 0 aliphatic carbocycles. The Morgan fingerprint density at radius 1 is 1.50 bits per heavy atom. The summed E-state index contributed by atoms with van der Waals surface area (Å²) in [5, 5.41) is 13.3. The Labute approximate surface area is 72.9 Å². The summed E-state index contributed by atoms with van der Waals surface area (Å²) in [4.78, 5) is 10.8. The minimum Gasteiger partial charge on any atom is -0.312 e. The summed E-state index contributed by atoms with van der Waals surface area (Å²) < 4.78 is 0. The zero-order chi connectivity index (χ0) is 9.61. The number of hydrogen-bond acceptors (Lipinski definition) is 3. The van der Waals surface area contributed by atoms with Gasteiger partial charge in [-0.15, -0.1) is 0 Å². The van der Waals surface area contributed by atoms with Gasteiger partial charge in [0.1, 0.15) is 0 Å².